The van der Waals surface area contributed by atoms with E-state index in [0.717, 1.165) is 24.8 Å². The third-order valence-corrected chi connectivity index (χ3v) is 5.67. The summed E-state index contributed by atoms with van der Waals surface area (Å²) >= 11 is 0. The molecule has 29 heavy (non-hydrogen) atoms. The van der Waals surface area contributed by atoms with E-state index < -0.39 is 0 Å². The maximum atomic E-state index is 13.6. The second-order valence-corrected chi connectivity index (χ2v) is 7.66. The maximum absolute atomic E-state index is 13.6. The fourth-order valence-corrected chi connectivity index (χ4v) is 4.03. The molecule has 1 fully saturated rings. The molecule has 0 saturated heterocycles. The molecule has 0 spiro atoms. The molecule has 5 nitrogen and oxygen atoms in total. The molecule has 3 rings (SSSR count). The van der Waals surface area contributed by atoms with Gasteiger partial charge in [0.25, 0.3) is 5.91 Å². The van der Waals surface area contributed by atoms with Crippen molar-refractivity contribution in [3.63, 3.8) is 0 Å². The quantitative estimate of drug-likeness (QED) is 0.635. The van der Waals surface area contributed by atoms with Crippen LogP contribution in [0.2, 0.25) is 0 Å². The van der Waals surface area contributed by atoms with E-state index in [-0.39, 0.29) is 23.5 Å². The molecule has 0 bridgehead atoms. The second kappa shape index (κ2) is 9.85. The molecule has 6 heteroatoms. The Morgan fingerprint density at radius 2 is 2.00 bits per heavy atom. The number of benzene rings is 2. The summed E-state index contributed by atoms with van der Waals surface area (Å²) in [5.74, 6) is 0.320. The van der Waals surface area contributed by atoms with Crippen molar-refractivity contribution in [3.8, 4) is 5.75 Å². The van der Waals surface area contributed by atoms with Crippen LogP contribution >= 0.6 is 0 Å². The number of carbonyl (C=O) groups is 1. The summed E-state index contributed by atoms with van der Waals surface area (Å²) < 4.78 is 18.7. The lowest BCUT2D eigenvalue weighted by molar-refractivity contribution is 0.0954. The first-order chi connectivity index (χ1) is 14.0. The highest BCUT2D eigenvalue weighted by atomic mass is 19.1. The average molecular weight is 400 g/mol. The molecule has 1 amide bonds. The Morgan fingerprint density at radius 1 is 1.24 bits per heavy atom. The lowest BCUT2D eigenvalue weighted by Crippen LogP contribution is -2.29. The summed E-state index contributed by atoms with van der Waals surface area (Å²) in [5, 5.41) is 6.45. The first kappa shape index (κ1) is 21.3. The third kappa shape index (κ3) is 5.34. The molecule has 1 unspecified atom stereocenters. The van der Waals surface area contributed by atoms with Gasteiger partial charge in [-0.3, -0.25) is 4.79 Å². The summed E-state index contributed by atoms with van der Waals surface area (Å²) in [5.41, 5.74) is 8.36. The Bertz CT molecular complexity index is 825. The van der Waals surface area contributed by atoms with E-state index in [0.29, 0.717) is 30.6 Å². The number of carbonyl (C=O) groups excluding carboxylic acids is 1. The predicted molar refractivity (Wildman–Crippen MR) is 113 cm³/mol. The summed E-state index contributed by atoms with van der Waals surface area (Å²) in [7, 11) is 1.48. The van der Waals surface area contributed by atoms with Crippen LogP contribution in [0.25, 0.3) is 0 Å². The number of hydrogen-bond donors (Lipinski definition) is 3. The fourth-order valence-electron chi connectivity index (χ4n) is 4.03. The zero-order valence-electron chi connectivity index (χ0n) is 17.1. The second-order valence-electron chi connectivity index (χ2n) is 7.66. The Labute approximate surface area is 171 Å². The number of nitrogens with two attached hydrogens (primary N) is 1. The van der Waals surface area contributed by atoms with Gasteiger partial charge >= 0.3 is 0 Å². The molecule has 4 N–H and O–H groups in total. The number of amides is 1. The molecule has 0 radical (unpaired) electrons. The lowest BCUT2D eigenvalue weighted by atomic mass is 9.96. The summed E-state index contributed by atoms with van der Waals surface area (Å²) in [6.07, 6.45) is 3.24. The minimum absolute atomic E-state index is 0.0866. The molecule has 0 aliphatic heterocycles. The normalized spacial score (nSPS) is 19.7. The van der Waals surface area contributed by atoms with Crippen molar-refractivity contribution >= 4 is 5.91 Å². The Balaban J connectivity index is 1.56. The summed E-state index contributed by atoms with van der Waals surface area (Å²) in [6.45, 7) is 3.01. The van der Waals surface area contributed by atoms with Gasteiger partial charge in [0.2, 0.25) is 0 Å². The van der Waals surface area contributed by atoms with Crippen molar-refractivity contribution in [1.29, 1.82) is 0 Å². The van der Waals surface area contributed by atoms with Gasteiger partial charge < -0.3 is 21.1 Å². The third-order valence-electron chi connectivity index (χ3n) is 5.67. The molecule has 2 aromatic carbocycles. The van der Waals surface area contributed by atoms with Crippen LogP contribution in [0.5, 0.6) is 5.75 Å². The Morgan fingerprint density at radius 3 is 2.69 bits per heavy atom. The predicted octanol–water partition coefficient (Wildman–Crippen LogP) is 3.51. The highest BCUT2D eigenvalue weighted by Gasteiger charge is 2.27. The minimum Gasteiger partial charge on any atom is -0.494 e. The Kier molecular flexibility index (Phi) is 7.23. The lowest BCUT2D eigenvalue weighted by Gasteiger charge is -2.21. The molecule has 0 heterocycles. The highest BCUT2D eigenvalue weighted by Crippen LogP contribution is 2.35. The van der Waals surface area contributed by atoms with Crippen molar-refractivity contribution in [3.05, 3.63) is 65.0 Å². The van der Waals surface area contributed by atoms with Crippen LogP contribution in [-0.2, 0) is 0 Å². The largest absolute Gasteiger partial charge is 0.494 e. The molecule has 1 aliphatic rings. The zero-order chi connectivity index (χ0) is 20.8. The van der Waals surface area contributed by atoms with Gasteiger partial charge in [-0.25, -0.2) is 4.39 Å². The molecule has 0 aromatic heterocycles. The molecule has 3 atom stereocenters. The molecule has 1 aliphatic carbocycles. The monoisotopic (exact) mass is 399 g/mol. The van der Waals surface area contributed by atoms with Crippen LogP contribution in [0.15, 0.2) is 42.5 Å². The smallest absolute Gasteiger partial charge is 0.251 e. The number of hydrogen-bond acceptors (Lipinski definition) is 4. The van der Waals surface area contributed by atoms with E-state index in [1.54, 1.807) is 12.1 Å². The number of ether oxygens (including phenoxy) is 1. The number of methoxy groups -OCH3 is 1. The number of halogens is 1. The van der Waals surface area contributed by atoms with Crippen LogP contribution in [0.4, 0.5) is 4.39 Å². The van der Waals surface area contributed by atoms with E-state index in [9.17, 15) is 9.18 Å². The van der Waals surface area contributed by atoms with Crippen molar-refractivity contribution in [2.75, 3.05) is 20.2 Å². The standard InChI is InChI=1S/C23H30FN3O2/c1-15(18-8-10-21(24)22(14-18)29-2)27-20-9-7-19(13-20)16-3-5-17(6-4-16)23(28)26-12-11-25/h3-6,8,10,14-15,19-20,27H,7,9,11-13,25H2,1-2H3,(H,26,28)/t15?,19-,20+/m1/s1. The van der Waals surface area contributed by atoms with Gasteiger partial charge in [-0.15, -0.1) is 0 Å². The topological polar surface area (TPSA) is 76.4 Å². The van der Waals surface area contributed by atoms with E-state index in [1.165, 1.54) is 18.7 Å². The number of nitrogens with one attached hydrogen (secondary N) is 2. The summed E-state index contributed by atoms with van der Waals surface area (Å²) in [4.78, 5) is 12.0. The van der Waals surface area contributed by atoms with E-state index in [2.05, 4.69) is 29.7 Å². The van der Waals surface area contributed by atoms with Gasteiger partial charge in [0.1, 0.15) is 0 Å². The van der Waals surface area contributed by atoms with Crippen LogP contribution in [-0.4, -0.2) is 32.1 Å². The van der Waals surface area contributed by atoms with E-state index in [1.807, 2.05) is 12.1 Å². The van der Waals surface area contributed by atoms with Crippen molar-refractivity contribution < 1.29 is 13.9 Å². The van der Waals surface area contributed by atoms with Gasteiger partial charge in [-0.2, -0.15) is 0 Å². The van der Waals surface area contributed by atoms with Gasteiger partial charge in [-0.1, -0.05) is 18.2 Å². The zero-order valence-corrected chi connectivity index (χ0v) is 17.1. The molecule has 156 valence electrons. The first-order valence-electron chi connectivity index (χ1n) is 10.2. The van der Waals surface area contributed by atoms with E-state index >= 15 is 0 Å². The molecular formula is C23H30FN3O2. The van der Waals surface area contributed by atoms with E-state index in [4.69, 9.17) is 10.5 Å². The number of rotatable bonds is 8. The summed E-state index contributed by atoms with van der Waals surface area (Å²) in [6, 6.07) is 13.4. The van der Waals surface area contributed by atoms with Crippen LogP contribution in [0.1, 0.15) is 59.6 Å². The van der Waals surface area contributed by atoms with Crippen molar-refractivity contribution in [2.24, 2.45) is 5.73 Å². The maximum Gasteiger partial charge on any atom is 0.251 e. The molecule has 2 aromatic rings. The molecular weight excluding hydrogens is 369 g/mol. The van der Waals surface area contributed by atoms with Gasteiger partial charge in [-0.05, 0) is 67.5 Å². The van der Waals surface area contributed by atoms with Gasteiger partial charge in [0.05, 0.1) is 7.11 Å². The van der Waals surface area contributed by atoms with Crippen LogP contribution in [0.3, 0.4) is 0 Å². The molecule has 1 saturated carbocycles. The van der Waals surface area contributed by atoms with Crippen LogP contribution in [0, 0.1) is 5.82 Å². The Hall–Kier alpha value is -2.44. The van der Waals surface area contributed by atoms with Gasteiger partial charge in [0, 0.05) is 30.7 Å². The minimum atomic E-state index is -0.343. The van der Waals surface area contributed by atoms with Crippen LogP contribution < -0.4 is 21.1 Å². The van der Waals surface area contributed by atoms with Crippen molar-refractivity contribution in [2.45, 2.75) is 44.2 Å². The SMILES string of the molecule is COc1cc(C(C)N[C@H]2CC[C@@H](c3ccc(C(=O)NCCN)cc3)C2)ccc1F. The van der Waals surface area contributed by atoms with Gasteiger partial charge in [0.15, 0.2) is 11.6 Å². The average Bonchev–Trinajstić information content (AvgIpc) is 3.20. The fraction of sp³-hybridized carbons (Fsp3) is 0.435. The van der Waals surface area contributed by atoms with Crippen molar-refractivity contribution in [1.82, 2.24) is 10.6 Å². The first-order valence-corrected chi connectivity index (χ1v) is 10.2. The highest BCUT2D eigenvalue weighted by molar-refractivity contribution is 5.94.